The normalized spacial score (nSPS) is 14.0. The summed E-state index contributed by atoms with van der Waals surface area (Å²) in [4.78, 5) is 0. The number of hydrogen-bond donors (Lipinski definition) is 0. The molecule has 0 bridgehead atoms. The van der Waals surface area contributed by atoms with E-state index in [-0.39, 0.29) is 10.8 Å². The van der Waals surface area contributed by atoms with Crippen LogP contribution in [0.5, 0.6) is 0 Å². The third kappa shape index (κ3) is 7.24. The quantitative estimate of drug-likeness (QED) is 0.134. The van der Waals surface area contributed by atoms with Crippen LogP contribution in [0.1, 0.15) is 72.2 Å². The van der Waals surface area contributed by atoms with Crippen LogP contribution in [0.15, 0.2) is 243 Å². The summed E-state index contributed by atoms with van der Waals surface area (Å²) in [6.45, 7) is 9.61. The minimum atomic E-state index is -0.139. The smallest absolute Gasteiger partial charge is 0.0541 e. The van der Waals surface area contributed by atoms with E-state index in [1.54, 1.807) is 0 Å². The molecule has 0 atom stereocenters. The second-order valence-corrected chi connectivity index (χ2v) is 22.6. The molecule has 0 fully saturated rings. The average molecular weight is 997 g/mol. The van der Waals surface area contributed by atoms with E-state index in [1.165, 1.54) is 144 Å². The molecule has 0 saturated carbocycles. The molecule has 370 valence electrons. The zero-order valence-corrected chi connectivity index (χ0v) is 44.3. The second kappa shape index (κ2) is 17.5. The number of aromatic nitrogens is 2. The van der Waals surface area contributed by atoms with Gasteiger partial charge in [-0.15, -0.1) is 0 Å². The Morgan fingerprint density at radius 1 is 0.256 bits per heavy atom. The molecule has 0 N–H and O–H groups in total. The molecule has 2 heteroatoms. The van der Waals surface area contributed by atoms with E-state index in [1.807, 2.05) is 0 Å². The van der Waals surface area contributed by atoms with Gasteiger partial charge in [-0.05, 0) is 162 Å². The van der Waals surface area contributed by atoms with E-state index in [0.717, 1.165) is 0 Å². The fourth-order valence-electron chi connectivity index (χ4n) is 13.2. The van der Waals surface area contributed by atoms with Gasteiger partial charge < -0.3 is 9.13 Å². The van der Waals surface area contributed by atoms with Gasteiger partial charge in [-0.1, -0.05) is 222 Å². The van der Waals surface area contributed by atoms with Crippen LogP contribution >= 0.6 is 0 Å². The summed E-state index contributed by atoms with van der Waals surface area (Å²) in [5.74, 6) is 0. The third-order valence-electron chi connectivity index (χ3n) is 17.3. The molecule has 2 nitrogen and oxygen atoms in total. The minimum absolute atomic E-state index is 0.139. The van der Waals surface area contributed by atoms with Crippen LogP contribution in [-0.4, -0.2) is 9.13 Å². The van der Waals surface area contributed by atoms with Crippen molar-refractivity contribution in [3.8, 4) is 55.9 Å². The van der Waals surface area contributed by atoms with E-state index in [2.05, 4.69) is 304 Å². The fraction of sp³-hybridized carbons (Fsp3) is 0.0789. The van der Waals surface area contributed by atoms with Crippen LogP contribution in [0.2, 0.25) is 0 Å². The molecule has 2 aliphatic carbocycles. The van der Waals surface area contributed by atoms with Gasteiger partial charge in [0.05, 0.1) is 22.1 Å². The molecule has 2 aromatic heterocycles. The standard InChI is InChI=1S/C76H56N2/c1-75(2)67-43-51(25-23-49-27-33-53(34-28-49)55-37-41-73-65(45-55)61-19-11-13-21-71(61)77(73)57-15-7-5-8-16-57)31-39-59(67)63-48-70-64(47-69(63)75)60-40-32-52(44-68(60)76(70,3)4)26-24-50-29-35-54(36-30-50)56-38-42-74-66(46-56)62-20-12-14-22-72(62)78(74)58-17-9-6-10-18-58/h5-48H,1-4H3/b25-23+,26-24+. The largest absolute Gasteiger partial charge is 0.309 e. The summed E-state index contributed by atoms with van der Waals surface area (Å²) in [5, 5.41) is 5.07. The molecule has 2 aliphatic rings. The van der Waals surface area contributed by atoms with Gasteiger partial charge in [0.1, 0.15) is 0 Å². The van der Waals surface area contributed by atoms with Crippen molar-refractivity contribution < 1.29 is 0 Å². The van der Waals surface area contributed by atoms with E-state index in [0.29, 0.717) is 0 Å². The van der Waals surface area contributed by atoms with Gasteiger partial charge in [-0.25, -0.2) is 0 Å². The summed E-state index contributed by atoms with van der Waals surface area (Å²) in [6, 6.07) is 89.7. The Hall–Kier alpha value is -9.50. The topological polar surface area (TPSA) is 9.86 Å². The van der Waals surface area contributed by atoms with Crippen LogP contribution in [-0.2, 0) is 10.8 Å². The molecular formula is C76H56N2. The first-order valence-corrected chi connectivity index (χ1v) is 27.4. The maximum Gasteiger partial charge on any atom is 0.0541 e. The number of benzene rings is 11. The van der Waals surface area contributed by atoms with Gasteiger partial charge in [-0.3, -0.25) is 0 Å². The summed E-state index contributed by atoms with van der Waals surface area (Å²) in [7, 11) is 0. The molecule has 0 saturated heterocycles. The summed E-state index contributed by atoms with van der Waals surface area (Å²) >= 11 is 0. The lowest BCUT2D eigenvalue weighted by Gasteiger charge is -2.24. The van der Waals surface area contributed by atoms with Crippen molar-refractivity contribution >= 4 is 67.9 Å². The van der Waals surface area contributed by atoms with Gasteiger partial charge in [0.25, 0.3) is 0 Å². The lowest BCUT2D eigenvalue weighted by molar-refractivity contribution is 0.652. The van der Waals surface area contributed by atoms with Gasteiger partial charge in [0, 0.05) is 43.7 Å². The molecular weight excluding hydrogens is 941 g/mol. The van der Waals surface area contributed by atoms with Crippen LogP contribution in [0.4, 0.5) is 0 Å². The van der Waals surface area contributed by atoms with E-state index >= 15 is 0 Å². The van der Waals surface area contributed by atoms with Gasteiger partial charge in [-0.2, -0.15) is 0 Å². The summed E-state index contributed by atoms with van der Waals surface area (Å²) < 4.78 is 4.74. The number of fused-ring (bicyclic) bond motifs is 12. The Kier molecular flexibility index (Phi) is 10.3. The third-order valence-corrected chi connectivity index (χ3v) is 17.3. The molecule has 0 spiro atoms. The van der Waals surface area contributed by atoms with Gasteiger partial charge in [0.2, 0.25) is 0 Å². The highest BCUT2D eigenvalue weighted by Crippen LogP contribution is 2.56. The van der Waals surface area contributed by atoms with Gasteiger partial charge in [0.15, 0.2) is 0 Å². The highest BCUT2D eigenvalue weighted by molar-refractivity contribution is 6.11. The second-order valence-electron chi connectivity index (χ2n) is 22.6. The Bertz CT molecular complexity index is 4320. The zero-order valence-electron chi connectivity index (χ0n) is 44.3. The molecule has 0 aliphatic heterocycles. The number of nitrogens with zero attached hydrogens (tertiary/aromatic N) is 2. The number of rotatable bonds is 8. The lowest BCUT2D eigenvalue weighted by atomic mass is 9.79. The Labute approximate surface area is 456 Å². The Morgan fingerprint density at radius 2 is 0.590 bits per heavy atom. The van der Waals surface area contributed by atoms with Crippen molar-refractivity contribution in [3.05, 3.63) is 287 Å². The number of hydrogen-bond acceptors (Lipinski definition) is 0. The fourth-order valence-corrected chi connectivity index (χ4v) is 13.2. The molecule has 0 amide bonds. The van der Waals surface area contributed by atoms with Crippen molar-refractivity contribution in [2.24, 2.45) is 0 Å². The molecule has 15 rings (SSSR count). The van der Waals surface area contributed by atoms with Crippen LogP contribution < -0.4 is 0 Å². The van der Waals surface area contributed by atoms with Crippen LogP contribution in [0, 0.1) is 0 Å². The average Bonchev–Trinajstić information content (AvgIpc) is 4.36. The molecule has 11 aromatic carbocycles. The maximum absolute atomic E-state index is 2.52. The molecule has 13 aromatic rings. The van der Waals surface area contributed by atoms with E-state index < -0.39 is 0 Å². The highest BCUT2D eigenvalue weighted by Gasteiger charge is 2.41. The molecule has 78 heavy (non-hydrogen) atoms. The minimum Gasteiger partial charge on any atom is -0.309 e. The first kappa shape index (κ1) is 45.9. The summed E-state index contributed by atoms with van der Waals surface area (Å²) in [5.41, 5.74) is 27.7. The summed E-state index contributed by atoms with van der Waals surface area (Å²) in [6.07, 6.45) is 9.04. The predicted octanol–water partition coefficient (Wildman–Crippen LogP) is 20.2. The zero-order chi connectivity index (χ0) is 52.3. The van der Waals surface area contributed by atoms with E-state index in [9.17, 15) is 0 Å². The highest BCUT2D eigenvalue weighted by atomic mass is 15.0. The SMILES string of the molecule is CC1(C)c2cc(/C=C/c3ccc(-c4ccc5c(c4)c4ccccc4n5-c4ccccc4)cc3)ccc2-c2cc3c(cc21)-c1ccc(/C=C/c2ccc(-c4ccc5c(c4)c4ccccc4n5-c4ccccc4)cc2)cc1C3(C)C. The molecule has 0 unspecified atom stereocenters. The lowest BCUT2D eigenvalue weighted by Crippen LogP contribution is -2.17. The van der Waals surface area contributed by atoms with Crippen molar-refractivity contribution in [1.82, 2.24) is 9.13 Å². The predicted molar refractivity (Wildman–Crippen MR) is 332 cm³/mol. The van der Waals surface area contributed by atoms with E-state index in [4.69, 9.17) is 0 Å². The first-order valence-electron chi connectivity index (χ1n) is 27.4. The van der Waals surface area contributed by atoms with Gasteiger partial charge >= 0.3 is 0 Å². The Morgan fingerprint density at radius 3 is 1.01 bits per heavy atom. The van der Waals surface area contributed by atoms with Crippen molar-refractivity contribution in [2.75, 3.05) is 0 Å². The van der Waals surface area contributed by atoms with Crippen LogP contribution in [0.3, 0.4) is 0 Å². The molecule has 2 heterocycles. The molecule has 0 radical (unpaired) electrons. The first-order chi connectivity index (χ1) is 38.2. The number of para-hydroxylation sites is 4. The Balaban J connectivity index is 0.658. The maximum atomic E-state index is 2.52. The van der Waals surface area contributed by atoms with Crippen molar-refractivity contribution in [2.45, 2.75) is 38.5 Å². The van der Waals surface area contributed by atoms with Crippen molar-refractivity contribution in [3.63, 3.8) is 0 Å². The van der Waals surface area contributed by atoms with Crippen molar-refractivity contribution in [1.29, 1.82) is 0 Å². The van der Waals surface area contributed by atoms with Crippen LogP contribution in [0.25, 0.3) is 124 Å². The monoisotopic (exact) mass is 996 g/mol.